The van der Waals surface area contributed by atoms with Crippen molar-refractivity contribution >= 4 is 12.1 Å². The summed E-state index contributed by atoms with van der Waals surface area (Å²) >= 11 is 0. The van der Waals surface area contributed by atoms with Crippen molar-refractivity contribution in [1.29, 1.82) is 0 Å². The van der Waals surface area contributed by atoms with Gasteiger partial charge >= 0.3 is 0 Å². The SMILES string of the molecule is C=C1Nc2ccccc2CN1C1CCN(C=O)CC1. The van der Waals surface area contributed by atoms with Gasteiger partial charge in [0.2, 0.25) is 6.41 Å². The Bertz CT molecular complexity index is 492. The van der Waals surface area contributed by atoms with Gasteiger partial charge in [-0.2, -0.15) is 0 Å². The summed E-state index contributed by atoms with van der Waals surface area (Å²) in [6.07, 6.45) is 2.98. The van der Waals surface area contributed by atoms with Crippen molar-refractivity contribution in [2.75, 3.05) is 18.4 Å². The Morgan fingerprint density at radius 1 is 1.26 bits per heavy atom. The zero-order valence-electron chi connectivity index (χ0n) is 11.0. The summed E-state index contributed by atoms with van der Waals surface area (Å²) in [5, 5.41) is 3.38. The molecule has 1 fully saturated rings. The molecule has 0 bridgehead atoms. The van der Waals surface area contributed by atoms with E-state index in [2.05, 4.69) is 35.0 Å². The zero-order valence-corrected chi connectivity index (χ0v) is 11.0. The number of piperidine rings is 1. The Labute approximate surface area is 113 Å². The van der Waals surface area contributed by atoms with E-state index in [4.69, 9.17) is 0 Å². The number of rotatable bonds is 2. The minimum absolute atomic E-state index is 0.476. The Balaban J connectivity index is 1.73. The molecule has 0 atom stereocenters. The molecule has 0 saturated carbocycles. The third kappa shape index (κ3) is 2.30. The number of benzene rings is 1. The summed E-state index contributed by atoms with van der Waals surface area (Å²) in [4.78, 5) is 14.9. The summed E-state index contributed by atoms with van der Waals surface area (Å²) < 4.78 is 0. The van der Waals surface area contributed by atoms with E-state index >= 15 is 0 Å². The lowest BCUT2D eigenvalue weighted by atomic mass is 10.0. The van der Waals surface area contributed by atoms with Crippen LogP contribution in [-0.4, -0.2) is 35.3 Å². The fourth-order valence-corrected chi connectivity index (χ4v) is 2.94. The molecule has 3 rings (SSSR count). The summed E-state index contributed by atoms with van der Waals surface area (Å²) in [7, 11) is 0. The molecule has 4 heteroatoms. The van der Waals surface area contributed by atoms with E-state index in [1.807, 2.05) is 11.0 Å². The number of amides is 1. The minimum atomic E-state index is 0.476. The molecule has 2 heterocycles. The summed E-state index contributed by atoms with van der Waals surface area (Å²) in [5.74, 6) is 0.975. The molecule has 1 aromatic carbocycles. The van der Waals surface area contributed by atoms with Crippen LogP contribution in [0.3, 0.4) is 0 Å². The van der Waals surface area contributed by atoms with E-state index in [9.17, 15) is 4.79 Å². The standard InChI is InChI=1S/C15H19N3O/c1-12-16-15-5-3-2-4-13(15)10-18(12)14-6-8-17(11-19)9-7-14/h2-5,11,14,16H,1,6-10H2. The molecule has 1 amide bonds. The maximum absolute atomic E-state index is 10.8. The maximum atomic E-state index is 10.8. The number of likely N-dealkylation sites (tertiary alicyclic amines) is 1. The van der Waals surface area contributed by atoms with Crippen LogP contribution < -0.4 is 5.32 Å². The van der Waals surface area contributed by atoms with E-state index in [1.54, 1.807) is 0 Å². The molecule has 1 N–H and O–H groups in total. The van der Waals surface area contributed by atoms with Gasteiger partial charge in [-0.25, -0.2) is 0 Å². The lowest BCUT2D eigenvalue weighted by Gasteiger charge is -2.42. The van der Waals surface area contributed by atoms with Crippen molar-refractivity contribution in [3.05, 3.63) is 42.2 Å². The second kappa shape index (κ2) is 4.96. The molecular formula is C15H19N3O. The first kappa shape index (κ1) is 12.1. The Kier molecular flexibility index (Phi) is 3.15. The van der Waals surface area contributed by atoms with Gasteiger partial charge in [0, 0.05) is 31.4 Å². The molecule has 1 saturated heterocycles. The van der Waals surface area contributed by atoms with Crippen LogP contribution in [0.15, 0.2) is 36.7 Å². The molecule has 0 aliphatic carbocycles. The summed E-state index contributed by atoms with van der Waals surface area (Å²) in [6, 6.07) is 8.83. The van der Waals surface area contributed by atoms with Gasteiger partial charge in [-0.1, -0.05) is 24.8 Å². The number of hydrogen-bond acceptors (Lipinski definition) is 3. The monoisotopic (exact) mass is 257 g/mol. The van der Waals surface area contributed by atoms with E-state index in [-0.39, 0.29) is 0 Å². The lowest BCUT2D eigenvalue weighted by molar-refractivity contribution is -0.119. The number of carbonyl (C=O) groups is 1. The minimum Gasteiger partial charge on any atom is -0.351 e. The van der Waals surface area contributed by atoms with Crippen LogP contribution in [-0.2, 0) is 11.3 Å². The van der Waals surface area contributed by atoms with Crippen molar-refractivity contribution < 1.29 is 4.79 Å². The lowest BCUT2D eigenvalue weighted by Crippen LogP contribution is -2.46. The number of anilines is 1. The van der Waals surface area contributed by atoms with Gasteiger partial charge in [0.05, 0.1) is 5.82 Å². The average molecular weight is 257 g/mol. The molecule has 2 aliphatic heterocycles. The molecular weight excluding hydrogens is 238 g/mol. The predicted octanol–water partition coefficient (Wildman–Crippen LogP) is 2.01. The first-order valence-corrected chi connectivity index (χ1v) is 6.78. The van der Waals surface area contributed by atoms with Crippen LogP contribution in [0, 0.1) is 0 Å². The van der Waals surface area contributed by atoms with E-state index in [0.717, 1.165) is 50.4 Å². The smallest absolute Gasteiger partial charge is 0.209 e. The van der Waals surface area contributed by atoms with E-state index in [0.29, 0.717) is 6.04 Å². The number of nitrogens with zero attached hydrogens (tertiary/aromatic N) is 2. The highest BCUT2D eigenvalue weighted by Gasteiger charge is 2.28. The molecule has 0 aromatic heterocycles. The number of fused-ring (bicyclic) bond motifs is 1. The molecule has 2 aliphatic rings. The second-order valence-electron chi connectivity index (χ2n) is 5.23. The maximum Gasteiger partial charge on any atom is 0.209 e. The van der Waals surface area contributed by atoms with Crippen molar-refractivity contribution in [1.82, 2.24) is 9.80 Å². The van der Waals surface area contributed by atoms with Crippen molar-refractivity contribution in [2.24, 2.45) is 0 Å². The van der Waals surface area contributed by atoms with E-state index < -0.39 is 0 Å². The third-order valence-corrected chi connectivity index (χ3v) is 4.07. The Hall–Kier alpha value is -1.97. The highest BCUT2D eigenvalue weighted by molar-refractivity contribution is 5.56. The van der Waals surface area contributed by atoms with Gasteiger partial charge in [0.1, 0.15) is 0 Å². The van der Waals surface area contributed by atoms with Gasteiger partial charge < -0.3 is 15.1 Å². The highest BCUT2D eigenvalue weighted by Crippen LogP contribution is 2.30. The molecule has 100 valence electrons. The first-order chi connectivity index (χ1) is 9.28. The highest BCUT2D eigenvalue weighted by atomic mass is 16.1. The molecule has 0 spiro atoms. The quantitative estimate of drug-likeness (QED) is 0.823. The fourth-order valence-electron chi connectivity index (χ4n) is 2.94. The van der Waals surface area contributed by atoms with Gasteiger partial charge in [-0.3, -0.25) is 4.79 Å². The van der Waals surface area contributed by atoms with Gasteiger partial charge in [0.25, 0.3) is 0 Å². The zero-order chi connectivity index (χ0) is 13.2. The van der Waals surface area contributed by atoms with Crippen LogP contribution in [0.2, 0.25) is 0 Å². The largest absolute Gasteiger partial charge is 0.351 e. The van der Waals surface area contributed by atoms with Gasteiger partial charge in [-0.05, 0) is 24.5 Å². The van der Waals surface area contributed by atoms with Gasteiger partial charge in [0.15, 0.2) is 0 Å². The number of nitrogens with one attached hydrogen (secondary N) is 1. The molecule has 4 nitrogen and oxygen atoms in total. The van der Waals surface area contributed by atoms with Crippen LogP contribution in [0.25, 0.3) is 0 Å². The van der Waals surface area contributed by atoms with Gasteiger partial charge in [-0.15, -0.1) is 0 Å². The van der Waals surface area contributed by atoms with Crippen LogP contribution in [0.4, 0.5) is 5.69 Å². The Morgan fingerprint density at radius 2 is 2.00 bits per heavy atom. The number of para-hydroxylation sites is 1. The van der Waals surface area contributed by atoms with Crippen LogP contribution in [0.1, 0.15) is 18.4 Å². The van der Waals surface area contributed by atoms with Crippen LogP contribution >= 0.6 is 0 Å². The molecule has 0 unspecified atom stereocenters. The normalized spacial score (nSPS) is 19.9. The summed E-state index contributed by atoms with van der Waals surface area (Å²) in [5.41, 5.74) is 2.47. The fraction of sp³-hybridized carbons (Fsp3) is 0.400. The topological polar surface area (TPSA) is 35.6 Å². The van der Waals surface area contributed by atoms with Crippen molar-refractivity contribution in [3.8, 4) is 0 Å². The van der Waals surface area contributed by atoms with Crippen molar-refractivity contribution in [2.45, 2.75) is 25.4 Å². The molecule has 19 heavy (non-hydrogen) atoms. The molecule has 1 aromatic rings. The first-order valence-electron chi connectivity index (χ1n) is 6.78. The Morgan fingerprint density at radius 3 is 2.74 bits per heavy atom. The number of hydrogen-bond donors (Lipinski definition) is 1. The number of carbonyl (C=O) groups excluding carboxylic acids is 1. The third-order valence-electron chi connectivity index (χ3n) is 4.07. The van der Waals surface area contributed by atoms with E-state index in [1.165, 1.54) is 5.56 Å². The van der Waals surface area contributed by atoms with Crippen LogP contribution in [0.5, 0.6) is 0 Å². The predicted molar refractivity (Wildman–Crippen MR) is 75.4 cm³/mol. The second-order valence-corrected chi connectivity index (χ2v) is 5.23. The average Bonchev–Trinajstić information content (AvgIpc) is 2.47. The molecule has 0 radical (unpaired) electrons. The summed E-state index contributed by atoms with van der Waals surface area (Å²) in [6.45, 7) is 6.74. The van der Waals surface area contributed by atoms with Crippen molar-refractivity contribution in [3.63, 3.8) is 0 Å².